The van der Waals surface area contributed by atoms with Crippen LogP contribution in [0.15, 0.2) is 28.8 Å². The number of hydrogen-bond acceptors (Lipinski definition) is 5. The van der Waals surface area contributed by atoms with E-state index in [2.05, 4.69) is 37.6 Å². The smallest absolute Gasteiger partial charge is 0.407 e. The molecule has 1 aromatic carbocycles. The second-order valence-electron chi connectivity index (χ2n) is 5.07. The highest BCUT2D eigenvalue weighted by Crippen LogP contribution is 2.20. The van der Waals surface area contributed by atoms with Crippen LogP contribution in [-0.4, -0.2) is 57.3 Å². The summed E-state index contributed by atoms with van der Waals surface area (Å²) in [5.41, 5.74) is 0.904. The van der Waals surface area contributed by atoms with Gasteiger partial charge in [0, 0.05) is 35.3 Å². The summed E-state index contributed by atoms with van der Waals surface area (Å²) < 4.78 is 6.42. The van der Waals surface area contributed by atoms with Crippen molar-refractivity contribution in [2.24, 2.45) is 0 Å². The van der Waals surface area contributed by atoms with Crippen LogP contribution in [0, 0.1) is 3.57 Å². The van der Waals surface area contributed by atoms with Gasteiger partial charge in [0.25, 0.3) is 5.89 Å². The molecule has 1 aromatic heterocycles. The minimum Gasteiger partial charge on any atom is -0.465 e. The molecule has 1 amide bonds. The van der Waals surface area contributed by atoms with E-state index in [1.54, 1.807) is 0 Å². The Morgan fingerprint density at radius 2 is 2.09 bits per heavy atom. The molecule has 8 heteroatoms. The van der Waals surface area contributed by atoms with Gasteiger partial charge in [0.1, 0.15) is 0 Å². The van der Waals surface area contributed by atoms with Crippen LogP contribution in [0.1, 0.15) is 5.82 Å². The summed E-state index contributed by atoms with van der Waals surface area (Å²) in [6, 6.07) is 7.88. The van der Waals surface area contributed by atoms with E-state index in [-0.39, 0.29) is 0 Å². The van der Waals surface area contributed by atoms with Crippen molar-refractivity contribution in [3.8, 4) is 11.5 Å². The van der Waals surface area contributed by atoms with E-state index in [1.807, 2.05) is 24.3 Å². The quantitative estimate of drug-likeness (QED) is 0.776. The summed E-state index contributed by atoms with van der Waals surface area (Å²) >= 11 is 2.24. The third kappa shape index (κ3) is 3.55. The average molecular weight is 414 g/mol. The number of hydrogen-bond donors (Lipinski definition) is 1. The van der Waals surface area contributed by atoms with Gasteiger partial charge in [-0.3, -0.25) is 4.90 Å². The number of aromatic nitrogens is 2. The van der Waals surface area contributed by atoms with Crippen LogP contribution in [0.4, 0.5) is 4.79 Å². The van der Waals surface area contributed by atoms with Crippen molar-refractivity contribution in [3.63, 3.8) is 0 Å². The van der Waals surface area contributed by atoms with E-state index in [9.17, 15) is 4.79 Å². The van der Waals surface area contributed by atoms with E-state index in [0.29, 0.717) is 44.4 Å². The molecule has 22 heavy (non-hydrogen) atoms. The standard InChI is InChI=1S/C14H15IN4O3/c15-11-3-1-2-10(8-11)13-16-12(17-22-13)9-18-4-6-19(7-5-18)14(20)21/h1-3,8H,4-7,9H2,(H,20,21). The predicted molar refractivity (Wildman–Crippen MR) is 87.3 cm³/mol. The van der Waals surface area contributed by atoms with Crippen molar-refractivity contribution in [1.82, 2.24) is 19.9 Å². The first kappa shape index (κ1) is 15.2. The largest absolute Gasteiger partial charge is 0.465 e. The highest BCUT2D eigenvalue weighted by Gasteiger charge is 2.21. The number of carbonyl (C=O) groups is 1. The molecule has 3 rings (SSSR count). The van der Waals surface area contributed by atoms with Gasteiger partial charge in [-0.05, 0) is 40.8 Å². The van der Waals surface area contributed by atoms with Crippen molar-refractivity contribution in [2.75, 3.05) is 26.2 Å². The molecular weight excluding hydrogens is 399 g/mol. The van der Waals surface area contributed by atoms with Crippen LogP contribution in [0.5, 0.6) is 0 Å². The molecule has 2 aromatic rings. The number of amides is 1. The molecule has 0 radical (unpaired) electrons. The molecule has 0 spiro atoms. The van der Waals surface area contributed by atoms with Crippen molar-refractivity contribution < 1.29 is 14.4 Å². The molecule has 1 aliphatic rings. The Morgan fingerprint density at radius 1 is 1.32 bits per heavy atom. The lowest BCUT2D eigenvalue weighted by Gasteiger charge is -2.32. The molecular formula is C14H15IN4O3. The first-order valence-corrected chi connectivity index (χ1v) is 7.98. The van der Waals surface area contributed by atoms with E-state index in [4.69, 9.17) is 9.63 Å². The fraction of sp³-hybridized carbons (Fsp3) is 0.357. The van der Waals surface area contributed by atoms with Crippen molar-refractivity contribution >= 4 is 28.7 Å². The first-order chi connectivity index (χ1) is 10.6. The van der Waals surface area contributed by atoms with Gasteiger partial charge < -0.3 is 14.5 Å². The van der Waals surface area contributed by atoms with E-state index >= 15 is 0 Å². The molecule has 7 nitrogen and oxygen atoms in total. The summed E-state index contributed by atoms with van der Waals surface area (Å²) in [6.45, 7) is 2.95. The summed E-state index contributed by atoms with van der Waals surface area (Å²) in [5, 5.41) is 12.9. The van der Waals surface area contributed by atoms with Crippen LogP contribution in [0.3, 0.4) is 0 Å². The average Bonchev–Trinajstić information content (AvgIpc) is 2.96. The number of piperazine rings is 1. The molecule has 1 aliphatic heterocycles. The highest BCUT2D eigenvalue weighted by atomic mass is 127. The van der Waals surface area contributed by atoms with Crippen LogP contribution in [0.25, 0.3) is 11.5 Å². The fourth-order valence-electron chi connectivity index (χ4n) is 2.35. The van der Waals surface area contributed by atoms with Gasteiger partial charge >= 0.3 is 6.09 Å². The molecule has 0 aliphatic carbocycles. The van der Waals surface area contributed by atoms with Gasteiger partial charge in [-0.15, -0.1) is 0 Å². The maximum atomic E-state index is 10.9. The van der Waals surface area contributed by atoms with E-state index < -0.39 is 6.09 Å². The zero-order chi connectivity index (χ0) is 15.5. The molecule has 1 saturated heterocycles. The molecule has 0 saturated carbocycles. The van der Waals surface area contributed by atoms with Crippen LogP contribution in [0.2, 0.25) is 0 Å². The van der Waals surface area contributed by atoms with Crippen LogP contribution < -0.4 is 0 Å². The van der Waals surface area contributed by atoms with Crippen LogP contribution >= 0.6 is 22.6 Å². The Hall–Kier alpha value is -1.68. The normalized spacial score (nSPS) is 16.0. The molecule has 0 atom stereocenters. The van der Waals surface area contributed by atoms with Gasteiger partial charge in [0.15, 0.2) is 5.82 Å². The Bertz CT molecular complexity index is 668. The van der Waals surface area contributed by atoms with Gasteiger partial charge in [-0.2, -0.15) is 4.98 Å². The Kier molecular flexibility index (Phi) is 4.57. The second-order valence-corrected chi connectivity index (χ2v) is 6.32. The zero-order valence-corrected chi connectivity index (χ0v) is 13.9. The van der Waals surface area contributed by atoms with Gasteiger partial charge in [0.2, 0.25) is 0 Å². The molecule has 0 unspecified atom stereocenters. The minimum absolute atomic E-state index is 0.511. The summed E-state index contributed by atoms with van der Waals surface area (Å²) in [6.07, 6.45) is -0.861. The lowest BCUT2D eigenvalue weighted by Crippen LogP contribution is -2.47. The SMILES string of the molecule is O=C(O)N1CCN(Cc2noc(-c3cccc(I)c3)n2)CC1. The molecule has 1 N–H and O–H groups in total. The Labute approximate surface area is 141 Å². The Morgan fingerprint density at radius 3 is 2.77 bits per heavy atom. The number of rotatable bonds is 3. The molecule has 116 valence electrons. The monoisotopic (exact) mass is 414 g/mol. The lowest BCUT2D eigenvalue weighted by atomic mass is 10.2. The van der Waals surface area contributed by atoms with Gasteiger partial charge in [0.05, 0.1) is 6.54 Å². The van der Waals surface area contributed by atoms with E-state index in [1.165, 1.54) is 4.90 Å². The number of carboxylic acid groups (broad SMARTS) is 1. The maximum absolute atomic E-state index is 10.9. The summed E-state index contributed by atoms with van der Waals surface area (Å²) in [5.74, 6) is 1.13. The minimum atomic E-state index is -0.861. The Balaban J connectivity index is 1.62. The molecule has 1 fully saturated rings. The predicted octanol–water partition coefficient (Wildman–Crippen LogP) is 2.14. The lowest BCUT2D eigenvalue weighted by molar-refractivity contribution is 0.101. The first-order valence-electron chi connectivity index (χ1n) is 6.90. The van der Waals surface area contributed by atoms with Crippen molar-refractivity contribution in [3.05, 3.63) is 33.7 Å². The van der Waals surface area contributed by atoms with Gasteiger partial charge in [-0.25, -0.2) is 4.79 Å². The van der Waals surface area contributed by atoms with E-state index in [0.717, 1.165) is 9.13 Å². The number of benzene rings is 1. The van der Waals surface area contributed by atoms with Crippen LogP contribution in [-0.2, 0) is 6.54 Å². The second kappa shape index (κ2) is 6.61. The summed E-state index contributed by atoms with van der Waals surface area (Å²) in [7, 11) is 0. The third-order valence-corrected chi connectivity index (χ3v) is 4.22. The van der Waals surface area contributed by atoms with Crippen molar-refractivity contribution in [1.29, 1.82) is 0 Å². The molecule has 2 heterocycles. The van der Waals surface area contributed by atoms with Gasteiger partial charge in [-0.1, -0.05) is 11.2 Å². The topological polar surface area (TPSA) is 82.7 Å². The zero-order valence-electron chi connectivity index (χ0n) is 11.8. The highest BCUT2D eigenvalue weighted by molar-refractivity contribution is 14.1. The summed E-state index contributed by atoms with van der Waals surface area (Å²) in [4.78, 5) is 18.8. The number of nitrogens with zero attached hydrogens (tertiary/aromatic N) is 4. The van der Waals surface area contributed by atoms with Crippen molar-refractivity contribution in [2.45, 2.75) is 6.54 Å². The third-order valence-electron chi connectivity index (χ3n) is 3.55. The molecule has 0 bridgehead atoms. The maximum Gasteiger partial charge on any atom is 0.407 e. The number of halogens is 1. The fourth-order valence-corrected chi connectivity index (χ4v) is 2.90.